The average Bonchev–Trinajstić information content (AvgIpc) is 2.62. The highest BCUT2D eigenvalue weighted by Crippen LogP contribution is 2.34. The Kier molecular flexibility index (Phi) is 4.55. The molecule has 3 rings (SSSR count). The molecule has 2 aromatic rings. The highest BCUT2D eigenvalue weighted by molar-refractivity contribution is 6.09. The van der Waals surface area contributed by atoms with Gasteiger partial charge in [0.1, 0.15) is 5.75 Å². The van der Waals surface area contributed by atoms with Gasteiger partial charge in [0.15, 0.2) is 5.82 Å². The Labute approximate surface area is 141 Å². The molecule has 1 aromatic carbocycles. The number of aromatic nitrogens is 1. The summed E-state index contributed by atoms with van der Waals surface area (Å²) >= 11 is 0. The van der Waals surface area contributed by atoms with E-state index in [2.05, 4.69) is 4.98 Å². The van der Waals surface area contributed by atoms with Crippen molar-refractivity contribution in [3.8, 4) is 11.6 Å². The lowest BCUT2D eigenvalue weighted by Gasteiger charge is -2.35. The van der Waals surface area contributed by atoms with Crippen molar-refractivity contribution in [3.63, 3.8) is 0 Å². The zero-order valence-electron chi connectivity index (χ0n) is 14.2. The van der Waals surface area contributed by atoms with Crippen LogP contribution < -0.4 is 19.3 Å². The summed E-state index contributed by atoms with van der Waals surface area (Å²) < 4.78 is 10.8. The third-order valence-corrected chi connectivity index (χ3v) is 4.01. The van der Waals surface area contributed by atoms with Crippen molar-refractivity contribution in [1.29, 1.82) is 0 Å². The number of anilines is 2. The van der Waals surface area contributed by atoms with Crippen molar-refractivity contribution in [2.45, 2.75) is 6.92 Å². The van der Waals surface area contributed by atoms with E-state index < -0.39 is 0 Å². The zero-order valence-corrected chi connectivity index (χ0v) is 14.2. The fourth-order valence-corrected chi connectivity index (χ4v) is 2.79. The average molecular weight is 327 g/mol. The Bertz CT molecular complexity index is 748. The molecule has 0 spiro atoms. The Morgan fingerprint density at radius 2 is 2.00 bits per heavy atom. The molecule has 0 unspecified atom stereocenters. The smallest absolute Gasteiger partial charge is 0.262 e. The number of pyridine rings is 1. The van der Waals surface area contributed by atoms with Crippen molar-refractivity contribution in [2.75, 3.05) is 43.7 Å². The van der Waals surface area contributed by atoms with Crippen LogP contribution in [0.1, 0.15) is 17.3 Å². The lowest BCUT2D eigenvalue weighted by Crippen LogP contribution is -2.43. The number of rotatable bonds is 4. The molecule has 24 heavy (non-hydrogen) atoms. The number of methoxy groups -OCH3 is 1. The molecule has 0 fully saturated rings. The number of carbonyl (C=O) groups is 1. The molecule has 0 radical (unpaired) electrons. The van der Waals surface area contributed by atoms with E-state index in [1.165, 1.54) is 0 Å². The number of para-hydroxylation sites is 1. The summed E-state index contributed by atoms with van der Waals surface area (Å²) in [5, 5.41) is 0. The minimum absolute atomic E-state index is 0.0830. The first kappa shape index (κ1) is 16.1. The van der Waals surface area contributed by atoms with Gasteiger partial charge < -0.3 is 19.3 Å². The quantitative estimate of drug-likeness (QED) is 0.864. The van der Waals surface area contributed by atoms with E-state index >= 15 is 0 Å². The predicted molar refractivity (Wildman–Crippen MR) is 93.3 cm³/mol. The van der Waals surface area contributed by atoms with Crippen molar-refractivity contribution in [2.24, 2.45) is 0 Å². The Balaban J connectivity index is 1.99. The van der Waals surface area contributed by atoms with Gasteiger partial charge in [-0.25, -0.2) is 0 Å². The summed E-state index contributed by atoms with van der Waals surface area (Å²) in [5.74, 6) is 1.79. The molecule has 0 bridgehead atoms. The SMILES string of the molecule is CCOc1ccccc1C(=O)N1CCN(C)c2nc(OC)ccc21. The molecule has 0 aliphatic carbocycles. The van der Waals surface area contributed by atoms with Crippen LogP contribution >= 0.6 is 0 Å². The van der Waals surface area contributed by atoms with Crippen LogP contribution in [0.15, 0.2) is 36.4 Å². The molecule has 0 saturated heterocycles. The summed E-state index contributed by atoms with van der Waals surface area (Å²) in [6.07, 6.45) is 0. The van der Waals surface area contributed by atoms with Crippen LogP contribution in [0.25, 0.3) is 0 Å². The van der Waals surface area contributed by atoms with E-state index in [0.29, 0.717) is 36.9 Å². The molecular weight excluding hydrogens is 306 g/mol. The lowest BCUT2D eigenvalue weighted by molar-refractivity contribution is 0.0983. The van der Waals surface area contributed by atoms with E-state index in [1.54, 1.807) is 24.1 Å². The molecule has 6 heteroatoms. The normalized spacial score (nSPS) is 13.5. The van der Waals surface area contributed by atoms with Crippen LogP contribution in [-0.4, -0.2) is 44.7 Å². The summed E-state index contributed by atoms with van der Waals surface area (Å²) in [6, 6.07) is 11.0. The van der Waals surface area contributed by atoms with Crippen LogP contribution in [0.3, 0.4) is 0 Å². The van der Waals surface area contributed by atoms with Gasteiger partial charge in [0.25, 0.3) is 5.91 Å². The monoisotopic (exact) mass is 327 g/mol. The van der Waals surface area contributed by atoms with E-state index in [1.807, 2.05) is 43.1 Å². The zero-order chi connectivity index (χ0) is 17.1. The third kappa shape index (κ3) is 2.87. The highest BCUT2D eigenvalue weighted by atomic mass is 16.5. The number of benzene rings is 1. The first-order chi connectivity index (χ1) is 11.7. The van der Waals surface area contributed by atoms with Crippen LogP contribution in [0, 0.1) is 0 Å². The van der Waals surface area contributed by atoms with E-state index in [-0.39, 0.29) is 5.91 Å². The van der Waals surface area contributed by atoms with Gasteiger partial charge in [-0.2, -0.15) is 4.98 Å². The first-order valence-electron chi connectivity index (χ1n) is 7.95. The van der Waals surface area contributed by atoms with Gasteiger partial charge in [-0.3, -0.25) is 4.79 Å². The highest BCUT2D eigenvalue weighted by Gasteiger charge is 2.29. The molecule has 0 atom stereocenters. The first-order valence-corrected chi connectivity index (χ1v) is 7.95. The van der Waals surface area contributed by atoms with E-state index in [0.717, 1.165) is 11.5 Å². The number of nitrogens with zero attached hydrogens (tertiary/aromatic N) is 3. The number of hydrogen-bond acceptors (Lipinski definition) is 5. The van der Waals surface area contributed by atoms with Crippen LogP contribution in [0.4, 0.5) is 11.5 Å². The maximum atomic E-state index is 13.1. The molecule has 126 valence electrons. The molecule has 1 aliphatic heterocycles. The Morgan fingerprint density at radius 1 is 1.21 bits per heavy atom. The van der Waals surface area contributed by atoms with Crippen LogP contribution in [0.5, 0.6) is 11.6 Å². The molecule has 0 N–H and O–H groups in total. The second kappa shape index (κ2) is 6.78. The Morgan fingerprint density at radius 3 is 2.75 bits per heavy atom. The van der Waals surface area contributed by atoms with Crippen molar-refractivity contribution in [3.05, 3.63) is 42.0 Å². The van der Waals surface area contributed by atoms with Crippen molar-refractivity contribution >= 4 is 17.4 Å². The number of fused-ring (bicyclic) bond motifs is 1. The van der Waals surface area contributed by atoms with Gasteiger partial charge in [0, 0.05) is 26.2 Å². The molecule has 1 amide bonds. The molecule has 2 heterocycles. The van der Waals surface area contributed by atoms with Gasteiger partial charge in [0.2, 0.25) is 5.88 Å². The van der Waals surface area contributed by atoms with Gasteiger partial charge in [-0.15, -0.1) is 0 Å². The topological polar surface area (TPSA) is 54.9 Å². The summed E-state index contributed by atoms with van der Waals surface area (Å²) in [7, 11) is 3.54. The number of likely N-dealkylation sites (N-methyl/N-ethyl adjacent to an activating group) is 1. The second-order valence-electron chi connectivity index (χ2n) is 5.50. The summed E-state index contributed by atoms with van der Waals surface area (Å²) in [6.45, 7) is 3.72. The predicted octanol–water partition coefficient (Wildman–Crippen LogP) is 2.59. The molecular formula is C18H21N3O3. The van der Waals surface area contributed by atoms with Gasteiger partial charge in [0.05, 0.1) is 25.0 Å². The van der Waals surface area contributed by atoms with Crippen LogP contribution in [-0.2, 0) is 0 Å². The fraction of sp³-hybridized carbons (Fsp3) is 0.333. The van der Waals surface area contributed by atoms with Gasteiger partial charge in [-0.1, -0.05) is 12.1 Å². The minimum Gasteiger partial charge on any atom is -0.493 e. The molecule has 6 nitrogen and oxygen atoms in total. The largest absolute Gasteiger partial charge is 0.493 e. The van der Waals surface area contributed by atoms with Crippen molar-refractivity contribution < 1.29 is 14.3 Å². The summed E-state index contributed by atoms with van der Waals surface area (Å²) in [4.78, 5) is 21.3. The lowest BCUT2D eigenvalue weighted by atomic mass is 10.1. The van der Waals surface area contributed by atoms with Crippen LogP contribution in [0.2, 0.25) is 0 Å². The summed E-state index contributed by atoms with van der Waals surface area (Å²) in [5.41, 5.74) is 1.34. The second-order valence-corrected chi connectivity index (χ2v) is 5.50. The number of hydrogen-bond donors (Lipinski definition) is 0. The molecule has 1 aromatic heterocycles. The maximum Gasteiger partial charge on any atom is 0.262 e. The number of ether oxygens (including phenoxy) is 2. The molecule has 1 aliphatic rings. The third-order valence-electron chi connectivity index (χ3n) is 4.01. The van der Waals surface area contributed by atoms with Gasteiger partial charge >= 0.3 is 0 Å². The van der Waals surface area contributed by atoms with Gasteiger partial charge in [-0.05, 0) is 25.1 Å². The van der Waals surface area contributed by atoms with E-state index in [4.69, 9.17) is 9.47 Å². The van der Waals surface area contributed by atoms with E-state index in [9.17, 15) is 4.79 Å². The van der Waals surface area contributed by atoms with Crippen molar-refractivity contribution in [1.82, 2.24) is 4.98 Å². The maximum absolute atomic E-state index is 13.1. The molecule has 0 saturated carbocycles. The fourth-order valence-electron chi connectivity index (χ4n) is 2.79. The standard InChI is InChI=1S/C18H21N3O3/c1-4-24-15-8-6-5-7-13(15)18(22)21-12-11-20(2)17-14(21)9-10-16(19-17)23-3/h5-10H,4,11-12H2,1-3H3. The number of amides is 1. The number of carbonyl (C=O) groups excluding carboxylic acids is 1. The minimum atomic E-state index is -0.0830. The Hall–Kier alpha value is -2.76.